The number of anilines is 1. The van der Waals surface area contributed by atoms with Crippen LogP contribution >= 0.6 is 0 Å². The number of nitrogens with one attached hydrogen (secondary N) is 2. The first-order chi connectivity index (χ1) is 13.8. The van der Waals surface area contributed by atoms with Crippen LogP contribution in [-0.2, 0) is 0 Å². The van der Waals surface area contributed by atoms with Gasteiger partial charge in [0.2, 0.25) is 0 Å². The van der Waals surface area contributed by atoms with Gasteiger partial charge in [0.25, 0.3) is 11.8 Å². The predicted molar refractivity (Wildman–Crippen MR) is 117 cm³/mol. The largest absolute Gasteiger partial charge is 0.355 e. The second kappa shape index (κ2) is 8.35. The van der Waals surface area contributed by atoms with Crippen molar-refractivity contribution in [1.82, 2.24) is 9.88 Å². The van der Waals surface area contributed by atoms with E-state index in [4.69, 9.17) is 0 Å². The Bertz CT molecular complexity index is 1050. The third kappa shape index (κ3) is 3.94. The van der Waals surface area contributed by atoms with E-state index >= 15 is 0 Å². The summed E-state index contributed by atoms with van der Waals surface area (Å²) in [6, 6.07) is 17.6. The number of benzene rings is 2. The summed E-state index contributed by atoms with van der Waals surface area (Å²) < 4.78 is 2.18. The van der Waals surface area contributed by atoms with Crippen LogP contribution in [0.3, 0.4) is 0 Å². The van der Waals surface area contributed by atoms with Crippen molar-refractivity contribution >= 4 is 17.5 Å². The first-order valence-corrected chi connectivity index (χ1v) is 9.71. The molecule has 3 aromatic rings. The van der Waals surface area contributed by atoms with Crippen molar-refractivity contribution in [3.05, 3.63) is 88.2 Å². The SMILES string of the molecule is CNC(=O)c1cccc(NC(=O)c2cc(C)n(C(C)c3ccccc3)c2C)c1C. The van der Waals surface area contributed by atoms with Gasteiger partial charge in [-0.2, -0.15) is 0 Å². The molecule has 1 heterocycles. The Kier molecular flexibility index (Phi) is 5.87. The zero-order valence-corrected chi connectivity index (χ0v) is 17.5. The molecule has 1 unspecified atom stereocenters. The van der Waals surface area contributed by atoms with Gasteiger partial charge >= 0.3 is 0 Å². The summed E-state index contributed by atoms with van der Waals surface area (Å²) in [7, 11) is 1.59. The van der Waals surface area contributed by atoms with E-state index in [9.17, 15) is 9.59 Å². The number of rotatable bonds is 5. The van der Waals surface area contributed by atoms with Crippen molar-refractivity contribution in [3.8, 4) is 0 Å². The standard InChI is InChI=1S/C24H27N3O2/c1-15-14-21(18(4)27(15)17(3)19-10-7-6-8-11-19)24(29)26-22-13-9-12-20(16(22)2)23(28)25-5/h6-14,17H,1-5H3,(H,25,28)(H,26,29). The summed E-state index contributed by atoms with van der Waals surface area (Å²) in [6.45, 7) is 7.95. The van der Waals surface area contributed by atoms with Gasteiger partial charge in [-0.25, -0.2) is 0 Å². The molecule has 5 heteroatoms. The van der Waals surface area contributed by atoms with Crippen LogP contribution in [0.2, 0.25) is 0 Å². The number of hydrogen-bond donors (Lipinski definition) is 2. The summed E-state index contributed by atoms with van der Waals surface area (Å²) in [4.78, 5) is 25.1. The van der Waals surface area contributed by atoms with Gasteiger partial charge in [-0.3, -0.25) is 9.59 Å². The molecule has 3 rings (SSSR count). The molecule has 0 spiro atoms. The molecule has 0 bridgehead atoms. The first kappa shape index (κ1) is 20.4. The molecule has 2 amide bonds. The van der Waals surface area contributed by atoms with E-state index in [1.165, 1.54) is 5.56 Å². The Balaban J connectivity index is 1.91. The van der Waals surface area contributed by atoms with Gasteiger partial charge < -0.3 is 15.2 Å². The molecule has 0 saturated heterocycles. The first-order valence-electron chi connectivity index (χ1n) is 9.71. The number of hydrogen-bond acceptors (Lipinski definition) is 2. The molecular formula is C24H27N3O2. The van der Waals surface area contributed by atoms with Crippen LogP contribution in [0.1, 0.15) is 56.2 Å². The lowest BCUT2D eigenvalue weighted by atomic mass is 10.1. The van der Waals surface area contributed by atoms with E-state index in [0.717, 1.165) is 17.0 Å². The number of amides is 2. The number of nitrogens with zero attached hydrogens (tertiary/aromatic N) is 1. The molecule has 0 radical (unpaired) electrons. The van der Waals surface area contributed by atoms with Crippen LogP contribution in [0.25, 0.3) is 0 Å². The van der Waals surface area contributed by atoms with E-state index in [1.807, 2.05) is 51.1 Å². The molecule has 2 aromatic carbocycles. The lowest BCUT2D eigenvalue weighted by molar-refractivity contribution is 0.0960. The van der Waals surface area contributed by atoms with Gasteiger partial charge in [0.05, 0.1) is 11.6 Å². The van der Waals surface area contributed by atoms with E-state index in [2.05, 4.69) is 34.3 Å². The number of aryl methyl sites for hydroxylation is 1. The smallest absolute Gasteiger partial charge is 0.257 e. The Hall–Kier alpha value is -3.34. The number of carbonyl (C=O) groups is 2. The van der Waals surface area contributed by atoms with Gasteiger partial charge in [-0.05, 0) is 57.0 Å². The maximum atomic E-state index is 13.0. The van der Waals surface area contributed by atoms with E-state index in [0.29, 0.717) is 16.8 Å². The fourth-order valence-corrected chi connectivity index (χ4v) is 3.82. The molecule has 0 saturated carbocycles. The summed E-state index contributed by atoms with van der Waals surface area (Å²) in [6.07, 6.45) is 0. The number of carbonyl (C=O) groups excluding carboxylic acids is 2. The number of aromatic nitrogens is 1. The van der Waals surface area contributed by atoms with Crippen LogP contribution in [0.5, 0.6) is 0 Å². The molecule has 2 N–H and O–H groups in total. The second-order valence-electron chi connectivity index (χ2n) is 7.25. The van der Waals surface area contributed by atoms with Crippen molar-refractivity contribution in [2.75, 3.05) is 12.4 Å². The van der Waals surface area contributed by atoms with Crippen molar-refractivity contribution in [2.45, 2.75) is 33.7 Å². The average molecular weight is 389 g/mol. The Morgan fingerprint density at radius 1 is 0.897 bits per heavy atom. The topological polar surface area (TPSA) is 63.1 Å². The minimum absolute atomic E-state index is 0.121. The summed E-state index contributed by atoms with van der Waals surface area (Å²) in [5, 5.41) is 5.60. The van der Waals surface area contributed by atoms with E-state index in [-0.39, 0.29) is 17.9 Å². The maximum absolute atomic E-state index is 13.0. The Morgan fingerprint density at radius 3 is 2.24 bits per heavy atom. The summed E-state index contributed by atoms with van der Waals surface area (Å²) >= 11 is 0. The zero-order chi connectivity index (χ0) is 21.1. The normalized spacial score (nSPS) is 11.8. The van der Waals surface area contributed by atoms with Crippen LogP contribution in [0, 0.1) is 20.8 Å². The molecule has 0 aliphatic rings. The van der Waals surface area contributed by atoms with Crippen molar-refractivity contribution in [3.63, 3.8) is 0 Å². The van der Waals surface area contributed by atoms with Crippen molar-refractivity contribution in [2.24, 2.45) is 0 Å². The molecule has 5 nitrogen and oxygen atoms in total. The van der Waals surface area contributed by atoms with Crippen LogP contribution in [0.15, 0.2) is 54.6 Å². The predicted octanol–water partition coefficient (Wildman–Crippen LogP) is 4.63. The van der Waals surface area contributed by atoms with Crippen LogP contribution < -0.4 is 10.6 Å². The quantitative estimate of drug-likeness (QED) is 0.668. The molecule has 1 aromatic heterocycles. The summed E-state index contributed by atoms with van der Waals surface area (Å²) in [5.41, 5.74) is 5.69. The van der Waals surface area contributed by atoms with Gasteiger partial charge in [0.15, 0.2) is 0 Å². The van der Waals surface area contributed by atoms with Crippen LogP contribution in [-0.4, -0.2) is 23.4 Å². The van der Waals surface area contributed by atoms with Crippen molar-refractivity contribution < 1.29 is 9.59 Å². The summed E-state index contributed by atoms with van der Waals surface area (Å²) in [5.74, 6) is -0.352. The molecule has 0 aliphatic carbocycles. The highest BCUT2D eigenvalue weighted by Crippen LogP contribution is 2.27. The zero-order valence-electron chi connectivity index (χ0n) is 17.5. The fraction of sp³-hybridized carbons (Fsp3) is 0.250. The Labute approximate surface area is 171 Å². The monoisotopic (exact) mass is 389 g/mol. The minimum atomic E-state index is -0.179. The molecule has 1 atom stereocenters. The average Bonchev–Trinajstić information content (AvgIpc) is 3.03. The van der Waals surface area contributed by atoms with Crippen molar-refractivity contribution in [1.29, 1.82) is 0 Å². The van der Waals surface area contributed by atoms with Gasteiger partial charge in [0.1, 0.15) is 0 Å². The minimum Gasteiger partial charge on any atom is -0.355 e. The molecule has 0 fully saturated rings. The highest BCUT2D eigenvalue weighted by atomic mass is 16.2. The van der Waals surface area contributed by atoms with Gasteiger partial charge in [0, 0.05) is 29.7 Å². The van der Waals surface area contributed by atoms with E-state index in [1.54, 1.807) is 19.2 Å². The third-order valence-corrected chi connectivity index (χ3v) is 5.45. The maximum Gasteiger partial charge on any atom is 0.257 e. The lowest BCUT2D eigenvalue weighted by Gasteiger charge is -2.19. The lowest BCUT2D eigenvalue weighted by Crippen LogP contribution is -2.20. The molecule has 150 valence electrons. The second-order valence-corrected chi connectivity index (χ2v) is 7.25. The molecule has 29 heavy (non-hydrogen) atoms. The van der Waals surface area contributed by atoms with Crippen LogP contribution in [0.4, 0.5) is 5.69 Å². The van der Waals surface area contributed by atoms with Gasteiger partial charge in [-0.15, -0.1) is 0 Å². The molecular weight excluding hydrogens is 362 g/mol. The third-order valence-electron chi connectivity index (χ3n) is 5.45. The van der Waals surface area contributed by atoms with E-state index < -0.39 is 0 Å². The van der Waals surface area contributed by atoms with Gasteiger partial charge in [-0.1, -0.05) is 36.4 Å². The highest BCUT2D eigenvalue weighted by molar-refractivity contribution is 6.07. The highest BCUT2D eigenvalue weighted by Gasteiger charge is 2.20. The molecule has 0 aliphatic heterocycles. The Morgan fingerprint density at radius 2 is 1.59 bits per heavy atom. The fourth-order valence-electron chi connectivity index (χ4n) is 3.82.